The summed E-state index contributed by atoms with van der Waals surface area (Å²) < 4.78 is 31.1. The average Bonchev–Trinajstić information content (AvgIpc) is 2.81. The topological polar surface area (TPSA) is 102 Å². The minimum Gasteiger partial charge on any atom is -0.739 e. The van der Waals surface area contributed by atoms with Gasteiger partial charge in [0.25, 0.3) is 0 Å². The molecule has 9 heteroatoms. The van der Waals surface area contributed by atoms with Gasteiger partial charge in [0.1, 0.15) is 9.15 Å². The van der Waals surface area contributed by atoms with Gasteiger partial charge >= 0.3 is 29.6 Å². The van der Waals surface area contributed by atoms with Gasteiger partial charge in [-0.2, -0.15) is 0 Å². The predicted molar refractivity (Wildman–Crippen MR) is 81.8 cm³/mol. The number of H-pyrrole nitrogens is 1. The Hall–Kier alpha value is -0.510. The van der Waals surface area contributed by atoms with Crippen LogP contribution in [0.5, 0.6) is 0 Å². The summed E-state index contributed by atoms with van der Waals surface area (Å²) in [6.07, 6.45) is 2.61. The van der Waals surface area contributed by atoms with E-state index in [4.69, 9.17) is 0 Å². The molecule has 2 N–H and O–H groups in total. The molecule has 1 aromatic heterocycles. The van der Waals surface area contributed by atoms with Crippen molar-refractivity contribution in [2.45, 2.75) is 12.8 Å². The van der Waals surface area contributed by atoms with E-state index >= 15 is 0 Å². The number of rotatable bonds is 7. The molecule has 0 aliphatic carbocycles. The standard InChI is InChI=1S/C13H16N2O4S2.Na/c16-13(6-8-20-21(17,18)19)14-7-5-10-9-15-12-4-2-1-3-11(10)12;/h1-4,9,15H,5-8H2,(H,14,16)(H,17,18,19);/q;+1/p-1. The summed E-state index contributed by atoms with van der Waals surface area (Å²) in [5, 5.41) is 3.83. The molecule has 0 saturated carbocycles. The summed E-state index contributed by atoms with van der Waals surface area (Å²) in [7, 11) is -4.07. The van der Waals surface area contributed by atoms with Crippen LogP contribution in [0.3, 0.4) is 0 Å². The van der Waals surface area contributed by atoms with Crippen LogP contribution in [0, 0.1) is 0 Å². The van der Waals surface area contributed by atoms with E-state index in [1.165, 1.54) is 0 Å². The van der Waals surface area contributed by atoms with E-state index in [0.29, 0.717) is 13.0 Å². The zero-order valence-electron chi connectivity index (χ0n) is 12.2. The molecule has 114 valence electrons. The van der Waals surface area contributed by atoms with Crippen molar-refractivity contribution in [1.82, 2.24) is 10.3 Å². The third-order valence-corrected chi connectivity index (χ3v) is 4.97. The minimum absolute atomic E-state index is 0. The van der Waals surface area contributed by atoms with Gasteiger partial charge in [-0.15, -0.1) is 0 Å². The summed E-state index contributed by atoms with van der Waals surface area (Å²) in [6.45, 7) is 0.468. The number of carbonyl (C=O) groups is 1. The molecule has 0 aliphatic rings. The minimum atomic E-state index is -4.32. The predicted octanol–water partition coefficient (Wildman–Crippen LogP) is -1.59. The third kappa shape index (κ3) is 6.31. The number of carbonyl (C=O) groups excluding carboxylic acids is 1. The summed E-state index contributed by atoms with van der Waals surface area (Å²) in [5.74, 6) is -0.281. The number of para-hydroxylation sites is 1. The van der Waals surface area contributed by atoms with Crippen LogP contribution in [0.15, 0.2) is 30.5 Å². The molecule has 0 aliphatic heterocycles. The quantitative estimate of drug-likeness (QED) is 0.356. The zero-order chi connectivity index (χ0) is 15.3. The number of benzene rings is 1. The summed E-state index contributed by atoms with van der Waals surface area (Å²) in [4.78, 5) is 14.7. The Labute approximate surface area is 154 Å². The van der Waals surface area contributed by atoms with E-state index in [2.05, 4.69) is 10.3 Å². The van der Waals surface area contributed by atoms with Crippen LogP contribution in [-0.4, -0.2) is 36.2 Å². The van der Waals surface area contributed by atoms with Crippen LogP contribution in [0.1, 0.15) is 12.0 Å². The second-order valence-electron chi connectivity index (χ2n) is 4.44. The first-order chi connectivity index (χ1) is 9.96. The molecule has 22 heavy (non-hydrogen) atoms. The van der Waals surface area contributed by atoms with Crippen molar-refractivity contribution in [3.8, 4) is 0 Å². The Kier molecular flexibility index (Phi) is 7.95. The first-order valence-electron chi connectivity index (χ1n) is 6.37. The van der Waals surface area contributed by atoms with Gasteiger partial charge in [0, 0.05) is 35.8 Å². The molecule has 0 unspecified atom stereocenters. The number of aromatic nitrogens is 1. The van der Waals surface area contributed by atoms with Gasteiger partial charge in [0.15, 0.2) is 0 Å². The summed E-state index contributed by atoms with van der Waals surface area (Å²) >= 11 is 0. The van der Waals surface area contributed by atoms with Crippen molar-refractivity contribution in [2.24, 2.45) is 0 Å². The molecular formula is C13H15N2NaO4S2. The average molecular weight is 350 g/mol. The van der Waals surface area contributed by atoms with Crippen molar-refractivity contribution in [1.29, 1.82) is 0 Å². The third-order valence-electron chi connectivity index (χ3n) is 2.95. The first kappa shape index (κ1) is 19.5. The number of amides is 1. The molecule has 0 atom stereocenters. The molecule has 0 bridgehead atoms. The van der Waals surface area contributed by atoms with Crippen LogP contribution in [0.25, 0.3) is 10.9 Å². The van der Waals surface area contributed by atoms with E-state index < -0.39 is 9.15 Å². The Morgan fingerprint density at radius 3 is 2.77 bits per heavy atom. The van der Waals surface area contributed by atoms with Crippen LogP contribution < -0.4 is 34.9 Å². The van der Waals surface area contributed by atoms with Crippen LogP contribution in [0.4, 0.5) is 0 Å². The van der Waals surface area contributed by atoms with Crippen LogP contribution >= 0.6 is 10.8 Å². The van der Waals surface area contributed by atoms with Gasteiger partial charge in [0.2, 0.25) is 5.91 Å². The molecule has 2 aromatic rings. The van der Waals surface area contributed by atoms with Crippen LogP contribution in [-0.2, 0) is 20.4 Å². The molecule has 2 rings (SSSR count). The maximum atomic E-state index is 11.5. The van der Waals surface area contributed by atoms with Crippen molar-refractivity contribution < 1.29 is 47.3 Å². The SMILES string of the molecule is O=C(CCSS(=O)(=O)[O-])NCCc1c[nH]c2ccccc12.[Na+]. The first-order valence-corrected chi connectivity index (χ1v) is 9.29. The fraction of sp³-hybridized carbons (Fsp3) is 0.308. The van der Waals surface area contributed by atoms with Gasteiger partial charge < -0.3 is 14.9 Å². The number of hydrogen-bond acceptors (Lipinski definition) is 5. The smallest absolute Gasteiger partial charge is 0.739 e. The van der Waals surface area contributed by atoms with Crippen molar-refractivity contribution in [3.05, 3.63) is 36.0 Å². The fourth-order valence-electron chi connectivity index (χ4n) is 2.00. The molecule has 1 aromatic carbocycles. The summed E-state index contributed by atoms with van der Waals surface area (Å²) in [6, 6.07) is 7.90. The van der Waals surface area contributed by atoms with Crippen molar-refractivity contribution in [2.75, 3.05) is 12.3 Å². The van der Waals surface area contributed by atoms with E-state index in [9.17, 15) is 17.8 Å². The monoisotopic (exact) mass is 350 g/mol. The number of aromatic amines is 1. The van der Waals surface area contributed by atoms with E-state index in [1.807, 2.05) is 30.5 Å². The Bertz CT molecular complexity index is 730. The number of nitrogens with one attached hydrogen (secondary N) is 2. The Balaban J connectivity index is 0.00000242. The maximum Gasteiger partial charge on any atom is 1.00 e. The zero-order valence-corrected chi connectivity index (χ0v) is 15.8. The molecular weight excluding hydrogens is 335 g/mol. The second-order valence-corrected chi connectivity index (χ2v) is 7.83. The van der Waals surface area contributed by atoms with E-state index in [1.54, 1.807) is 0 Å². The molecule has 1 heterocycles. The molecule has 0 fully saturated rings. The Morgan fingerprint density at radius 1 is 1.32 bits per heavy atom. The van der Waals surface area contributed by atoms with Gasteiger partial charge in [-0.1, -0.05) is 18.2 Å². The van der Waals surface area contributed by atoms with Crippen molar-refractivity contribution in [3.63, 3.8) is 0 Å². The normalized spacial score (nSPS) is 11.1. The van der Waals surface area contributed by atoms with Gasteiger partial charge in [-0.25, -0.2) is 8.42 Å². The van der Waals surface area contributed by atoms with Crippen molar-refractivity contribution >= 4 is 36.8 Å². The van der Waals surface area contributed by atoms with Gasteiger partial charge in [0.05, 0.1) is 0 Å². The molecule has 6 nitrogen and oxygen atoms in total. The van der Waals surface area contributed by atoms with E-state index in [-0.39, 0.29) is 58.4 Å². The number of fused-ring (bicyclic) bond motifs is 1. The second kappa shape index (κ2) is 8.95. The Morgan fingerprint density at radius 2 is 2.05 bits per heavy atom. The molecule has 1 amide bonds. The largest absolute Gasteiger partial charge is 1.00 e. The summed E-state index contributed by atoms with van der Waals surface area (Å²) in [5.41, 5.74) is 2.17. The van der Waals surface area contributed by atoms with Gasteiger partial charge in [-0.3, -0.25) is 4.79 Å². The molecule has 0 spiro atoms. The molecule has 0 saturated heterocycles. The van der Waals surface area contributed by atoms with E-state index in [0.717, 1.165) is 16.5 Å². The molecule has 0 radical (unpaired) electrons. The fourth-order valence-corrected chi connectivity index (χ4v) is 3.34. The van der Waals surface area contributed by atoms with Gasteiger partial charge in [-0.05, 0) is 28.8 Å². The maximum absolute atomic E-state index is 11.5. The van der Waals surface area contributed by atoms with Crippen LogP contribution in [0.2, 0.25) is 0 Å². The number of hydrogen-bond donors (Lipinski definition) is 2.